The van der Waals surface area contributed by atoms with Crippen LogP contribution in [0.5, 0.6) is 0 Å². The summed E-state index contributed by atoms with van der Waals surface area (Å²) in [5.74, 6) is -0.751. The van der Waals surface area contributed by atoms with Crippen LogP contribution < -0.4 is 10.5 Å². The van der Waals surface area contributed by atoms with Crippen molar-refractivity contribution in [2.75, 3.05) is 13.7 Å². The number of hydrogen-bond donors (Lipinski definition) is 3. The fourth-order valence-corrected chi connectivity index (χ4v) is 2.89. The van der Waals surface area contributed by atoms with Crippen LogP contribution in [0.4, 0.5) is 0 Å². The number of hydrogen-bond acceptors (Lipinski definition) is 5. The Hall–Kier alpha value is -1.45. The van der Waals surface area contributed by atoms with E-state index in [0.29, 0.717) is 18.7 Å². The van der Waals surface area contributed by atoms with Crippen LogP contribution in [0.1, 0.15) is 49.3 Å². The van der Waals surface area contributed by atoms with Crippen LogP contribution in [0.25, 0.3) is 0 Å². The maximum atomic E-state index is 12.2. The largest absolute Gasteiger partial charge is 0.383 e. The first-order valence-corrected chi connectivity index (χ1v) is 8.17. The third-order valence-corrected chi connectivity index (χ3v) is 4.00. The fraction of sp³-hybridized carbons (Fsp3) is 0.667. The molecule has 0 bridgehead atoms. The van der Waals surface area contributed by atoms with Crippen molar-refractivity contribution >= 4 is 15.9 Å². The molecule has 0 aliphatic heterocycles. The van der Waals surface area contributed by atoms with Gasteiger partial charge < -0.3 is 10.1 Å². The highest BCUT2D eigenvalue weighted by molar-refractivity contribution is 7.89. The standard InChI is InChI=1S/C12H22N4O4S/c1-5-8(6-20-4)14-12(17)10-11(21(13,18)19)9(7(2)3)15-16-10/h7-8H,5-6H2,1-4H3,(H,14,17)(H,15,16)(H2,13,18,19). The second kappa shape index (κ2) is 7.01. The molecule has 1 rings (SSSR count). The van der Waals surface area contributed by atoms with Crippen molar-refractivity contribution in [1.29, 1.82) is 0 Å². The Labute approximate surface area is 124 Å². The van der Waals surface area contributed by atoms with Crippen molar-refractivity contribution in [2.24, 2.45) is 5.14 Å². The highest BCUT2D eigenvalue weighted by Crippen LogP contribution is 2.23. The van der Waals surface area contributed by atoms with Crippen LogP contribution >= 0.6 is 0 Å². The van der Waals surface area contributed by atoms with Gasteiger partial charge >= 0.3 is 0 Å². The van der Waals surface area contributed by atoms with E-state index >= 15 is 0 Å². The highest BCUT2D eigenvalue weighted by Gasteiger charge is 2.29. The lowest BCUT2D eigenvalue weighted by atomic mass is 10.1. The SMILES string of the molecule is CCC(COC)NC(=O)c1n[nH]c(C(C)C)c1S(N)(=O)=O. The zero-order valence-electron chi connectivity index (χ0n) is 12.6. The van der Waals surface area contributed by atoms with E-state index < -0.39 is 15.9 Å². The topological polar surface area (TPSA) is 127 Å². The highest BCUT2D eigenvalue weighted by atomic mass is 32.2. The fourth-order valence-electron chi connectivity index (χ4n) is 1.89. The Morgan fingerprint density at radius 1 is 1.48 bits per heavy atom. The minimum absolute atomic E-state index is 0.159. The molecule has 0 saturated heterocycles. The summed E-state index contributed by atoms with van der Waals surface area (Å²) in [7, 11) is -2.53. The number of nitrogens with one attached hydrogen (secondary N) is 2. The molecule has 0 spiro atoms. The second-order valence-corrected chi connectivity index (χ2v) is 6.55. The second-order valence-electron chi connectivity index (χ2n) is 5.05. The van der Waals surface area contributed by atoms with Gasteiger partial charge in [-0.25, -0.2) is 13.6 Å². The first-order valence-electron chi connectivity index (χ1n) is 6.63. The lowest BCUT2D eigenvalue weighted by Gasteiger charge is -2.15. The molecule has 1 amide bonds. The average molecular weight is 318 g/mol. The van der Waals surface area contributed by atoms with E-state index in [4.69, 9.17) is 9.88 Å². The van der Waals surface area contributed by atoms with Crippen molar-refractivity contribution < 1.29 is 17.9 Å². The number of sulfonamides is 1. The van der Waals surface area contributed by atoms with Crippen molar-refractivity contribution in [3.63, 3.8) is 0 Å². The van der Waals surface area contributed by atoms with Crippen LogP contribution in [0.2, 0.25) is 0 Å². The van der Waals surface area contributed by atoms with Crippen LogP contribution in [-0.4, -0.2) is 44.3 Å². The number of amides is 1. The number of nitrogens with two attached hydrogens (primary N) is 1. The van der Waals surface area contributed by atoms with Crippen LogP contribution in [0.15, 0.2) is 4.90 Å². The van der Waals surface area contributed by atoms with Gasteiger partial charge in [0.1, 0.15) is 4.90 Å². The molecule has 1 heterocycles. The number of carbonyl (C=O) groups is 1. The molecule has 0 saturated carbocycles. The van der Waals surface area contributed by atoms with Crippen molar-refractivity contribution in [1.82, 2.24) is 15.5 Å². The Bertz CT molecular complexity index is 594. The van der Waals surface area contributed by atoms with E-state index in [-0.39, 0.29) is 22.5 Å². The van der Waals surface area contributed by atoms with Gasteiger partial charge in [-0.1, -0.05) is 20.8 Å². The van der Waals surface area contributed by atoms with E-state index in [2.05, 4.69) is 15.5 Å². The normalized spacial score (nSPS) is 13.4. The van der Waals surface area contributed by atoms with Gasteiger partial charge in [0, 0.05) is 7.11 Å². The Balaban J connectivity index is 3.16. The number of methoxy groups -OCH3 is 1. The molecule has 1 aromatic heterocycles. The van der Waals surface area contributed by atoms with Gasteiger partial charge in [0.2, 0.25) is 10.0 Å². The number of carbonyl (C=O) groups excluding carboxylic acids is 1. The first kappa shape index (κ1) is 17.6. The maximum absolute atomic E-state index is 12.2. The Kier molecular flexibility index (Phi) is 5.87. The molecule has 8 nitrogen and oxygen atoms in total. The summed E-state index contributed by atoms with van der Waals surface area (Å²) in [5, 5.41) is 14.3. The lowest BCUT2D eigenvalue weighted by molar-refractivity contribution is 0.0886. The van der Waals surface area contributed by atoms with Gasteiger partial charge in [-0.05, 0) is 12.3 Å². The third-order valence-electron chi connectivity index (χ3n) is 3.02. The molecule has 120 valence electrons. The summed E-state index contributed by atoms with van der Waals surface area (Å²) in [5.41, 5.74) is 0.109. The van der Waals surface area contributed by atoms with E-state index in [1.54, 1.807) is 13.8 Å². The molecule has 21 heavy (non-hydrogen) atoms. The summed E-state index contributed by atoms with van der Waals surface area (Å²) in [6.07, 6.45) is 0.645. The molecule has 0 aliphatic rings. The van der Waals surface area contributed by atoms with E-state index in [0.717, 1.165) is 0 Å². The lowest BCUT2D eigenvalue weighted by Crippen LogP contribution is -2.38. The van der Waals surface area contributed by atoms with Crippen molar-refractivity contribution in [3.8, 4) is 0 Å². The number of primary sulfonamides is 1. The minimum atomic E-state index is -4.05. The number of aromatic nitrogens is 2. The van der Waals surface area contributed by atoms with Gasteiger partial charge in [-0.3, -0.25) is 9.89 Å². The van der Waals surface area contributed by atoms with E-state index in [1.807, 2.05) is 6.92 Å². The van der Waals surface area contributed by atoms with Gasteiger partial charge in [-0.2, -0.15) is 5.10 Å². The van der Waals surface area contributed by atoms with Gasteiger partial charge in [0.15, 0.2) is 5.69 Å². The smallest absolute Gasteiger partial charge is 0.273 e. The number of aromatic amines is 1. The van der Waals surface area contributed by atoms with Crippen LogP contribution in [0.3, 0.4) is 0 Å². The summed E-state index contributed by atoms with van der Waals surface area (Å²) < 4.78 is 28.5. The molecule has 1 aromatic rings. The Morgan fingerprint density at radius 3 is 2.52 bits per heavy atom. The van der Waals surface area contributed by atoms with Crippen LogP contribution in [-0.2, 0) is 14.8 Å². The summed E-state index contributed by atoms with van der Waals surface area (Å²) in [6, 6.07) is -0.227. The first-order chi connectivity index (χ1) is 9.72. The molecule has 4 N–H and O–H groups in total. The number of H-pyrrole nitrogens is 1. The van der Waals surface area contributed by atoms with Crippen molar-refractivity contribution in [3.05, 3.63) is 11.4 Å². The monoisotopic (exact) mass is 318 g/mol. The number of nitrogens with zero attached hydrogens (tertiary/aromatic N) is 1. The molecule has 9 heteroatoms. The summed E-state index contributed by atoms with van der Waals surface area (Å²) in [6.45, 7) is 5.77. The molecule has 1 atom stereocenters. The number of ether oxygens (including phenoxy) is 1. The van der Waals surface area contributed by atoms with Gasteiger partial charge in [0.05, 0.1) is 18.3 Å². The van der Waals surface area contributed by atoms with E-state index in [1.165, 1.54) is 7.11 Å². The molecule has 1 unspecified atom stereocenters. The predicted octanol–water partition coefficient (Wildman–Crippen LogP) is 0.335. The van der Waals surface area contributed by atoms with E-state index in [9.17, 15) is 13.2 Å². The third kappa shape index (κ3) is 4.26. The van der Waals surface area contributed by atoms with Gasteiger partial charge in [-0.15, -0.1) is 0 Å². The molecule has 0 aliphatic carbocycles. The molecular weight excluding hydrogens is 296 g/mol. The quantitative estimate of drug-likeness (QED) is 0.668. The van der Waals surface area contributed by atoms with Crippen molar-refractivity contribution in [2.45, 2.75) is 44.0 Å². The zero-order chi connectivity index (χ0) is 16.2. The maximum Gasteiger partial charge on any atom is 0.273 e. The molecule has 0 radical (unpaired) electrons. The minimum Gasteiger partial charge on any atom is -0.383 e. The summed E-state index contributed by atoms with van der Waals surface area (Å²) in [4.78, 5) is 12.0. The van der Waals surface area contributed by atoms with Crippen LogP contribution in [0, 0.1) is 0 Å². The predicted molar refractivity (Wildman–Crippen MR) is 77.5 cm³/mol. The molecule has 0 fully saturated rings. The average Bonchev–Trinajstić information content (AvgIpc) is 2.82. The zero-order valence-corrected chi connectivity index (χ0v) is 13.5. The summed E-state index contributed by atoms with van der Waals surface area (Å²) >= 11 is 0. The van der Waals surface area contributed by atoms with Gasteiger partial charge in [0.25, 0.3) is 5.91 Å². The Morgan fingerprint density at radius 2 is 2.10 bits per heavy atom. The molecular formula is C12H22N4O4S. The number of rotatable bonds is 7. The molecule has 0 aromatic carbocycles.